The lowest BCUT2D eigenvalue weighted by Gasteiger charge is -2.00. The minimum Gasteiger partial charge on any atom is -0.417 e. The highest BCUT2D eigenvalue weighted by Gasteiger charge is 2.39. The summed E-state index contributed by atoms with van der Waals surface area (Å²) in [5.41, 5.74) is 6.05. The van der Waals surface area contributed by atoms with E-state index in [1.54, 1.807) is 6.20 Å². The Morgan fingerprint density at radius 2 is 1.92 bits per heavy atom. The number of imidazole rings is 1. The van der Waals surface area contributed by atoms with E-state index < -0.39 is 0 Å². The van der Waals surface area contributed by atoms with Crippen LogP contribution in [-0.2, 0) is 6.54 Å². The highest BCUT2D eigenvalue weighted by molar-refractivity contribution is 6.02. The van der Waals surface area contributed by atoms with Crippen LogP contribution >= 0.6 is 0 Å². The van der Waals surface area contributed by atoms with Crippen molar-refractivity contribution in [3.63, 3.8) is 0 Å². The van der Waals surface area contributed by atoms with E-state index in [0.29, 0.717) is 0 Å². The molecule has 1 aromatic carbocycles. The van der Waals surface area contributed by atoms with Gasteiger partial charge in [0.05, 0.1) is 11.6 Å². The molecule has 0 N–H and O–H groups in total. The zero-order valence-electron chi connectivity index (χ0n) is 13.3. The third kappa shape index (κ3) is 1.59. The van der Waals surface area contributed by atoms with Gasteiger partial charge in [0.25, 0.3) is 0 Å². The summed E-state index contributed by atoms with van der Waals surface area (Å²) in [6.07, 6.45) is 5.43. The van der Waals surface area contributed by atoms with Gasteiger partial charge >= 0.3 is 11.5 Å². The standard InChI is InChI=1S/C20H13N4O/c1-2-6-14(7-3-1)24-18-15-8-10-21-11-16(15)25-20(18)23-12-13-5-4-9-22-17(13)19(23)24/h1-11H,12H2/q+1. The number of fused-ring (bicyclic) bond motifs is 7. The number of hydrogen-bond donors (Lipinski definition) is 0. The van der Waals surface area contributed by atoms with Crippen molar-refractivity contribution in [1.82, 2.24) is 14.5 Å². The minimum absolute atomic E-state index is 0.766. The third-order valence-corrected chi connectivity index (χ3v) is 4.83. The Morgan fingerprint density at radius 3 is 2.84 bits per heavy atom. The topological polar surface area (TPSA) is 47.7 Å². The van der Waals surface area contributed by atoms with Crippen molar-refractivity contribution in [2.45, 2.75) is 6.54 Å². The second kappa shape index (κ2) is 4.54. The van der Waals surface area contributed by atoms with Crippen molar-refractivity contribution in [3.05, 3.63) is 72.7 Å². The average Bonchev–Trinajstić information content (AvgIpc) is 3.30. The molecule has 5 nitrogen and oxygen atoms in total. The van der Waals surface area contributed by atoms with Crippen LogP contribution in [0.15, 0.2) is 71.5 Å². The monoisotopic (exact) mass is 325 g/mol. The predicted molar refractivity (Wildman–Crippen MR) is 93.4 cm³/mol. The van der Waals surface area contributed by atoms with E-state index in [9.17, 15) is 0 Å². The fraction of sp³-hybridized carbons (Fsp3) is 0.0500. The molecular formula is C20H13N4O+. The quantitative estimate of drug-likeness (QED) is 0.435. The van der Waals surface area contributed by atoms with Crippen LogP contribution < -0.4 is 4.57 Å². The second-order valence-corrected chi connectivity index (χ2v) is 6.22. The molecule has 1 aliphatic rings. The Morgan fingerprint density at radius 1 is 1.00 bits per heavy atom. The lowest BCUT2D eigenvalue weighted by molar-refractivity contribution is -0.652. The van der Waals surface area contributed by atoms with Gasteiger partial charge < -0.3 is 4.42 Å². The van der Waals surface area contributed by atoms with Crippen molar-refractivity contribution in [2.24, 2.45) is 0 Å². The fourth-order valence-electron chi connectivity index (χ4n) is 3.79. The SMILES string of the molecule is c1ccc(-n2c3[n+](c4oc5cnccc5c42)Cc2cccnc2-3)cc1. The van der Waals surface area contributed by atoms with Crippen LogP contribution in [-0.4, -0.2) is 14.5 Å². The lowest BCUT2D eigenvalue weighted by Crippen LogP contribution is -2.31. The molecule has 0 unspecified atom stereocenters. The maximum atomic E-state index is 6.18. The molecule has 0 atom stereocenters. The summed E-state index contributed by atoms with van der Waals surface area (Å²) in [6.45, 7) is 0.766. The van der Waals surface area contributed by atoms with Crippen molar-refractivity contribution in [2.75, 3.05) is 0 Å². The molecule has 6 rings (SSSR count). The van der Waals surface area contributed by atoms with Gasteiger partial charge in [-0.15, -0.1) is 0 Å². The Balaban J connectivity index is 1.84. The number of rotatable bonds is 1. The summed E-state index contributed by atoms with van der Waals surface area (Å²) in [7, 11) is 0. The maximum absolute atomic E-state index is 6.18. The minimum atomic E-state index is 0.766. The van der Waals surface area contributed by atoms with E-state index in [4.69, 9.17) is 4.42 Å². The molecule has 1 aliphatic heterocycles. The predicted octanol–water partition coefficient (Wildman–Crippen LogP) is 3.48. The number of furan rings is 1. The van der Waals surface area contributed by atoms with Gasteiger partial charge in [0, 0.05) is 18.0 Å². The molecule has 0 saturated heterocycles. The molecule has 0 bridgehead atoms. The van der Waals surface area contributed by atoms with Gasteiger partial charge in [0.15, 0.2) is 11.3 Å². The van der Waals surface area contributed by atoms with E-state index in [1.165, 1.54) is 5.56 Å². The molecular weight excluding hydrogens is 312 g/mol. The molecule has 0 radical (unpaired) electrons. The number of para-hydroxylation sites is 1. The van der Waals surface area contributed by atoms with E-state index in [-0.39, 0.29) is 0 Å². The molecule has 0 spiro atoms. The molecule has 0 saturated carbocycles. The van der Waals surface area contributed by atoms with Crippen molar-refractivity contribution >= 4 is 22.2 Å². The van der Waals surface area contributed by atoms with Gasteiger partial charge in [-0.1, -0.05) is 24.3 Å². The van der Waals surface area contributed by atoms with Gasteiger partial charge in [0.1, 0.15) is 12.2 Å². The number of pyridine rings is 2. The van der Waals surface area contributed by atoms with E-state index >= 15 is 0 Å². The number of aromatic nitrogens is 4. The molecule has 5 heterocycles. The van der Waals surface area contributed by atoms with E-state index in [0.717, 1.165) is 45.9 Å². The van der Waals surface area contributed by atoms with Gasteiger partial charge in [-0.25, -0.2) is 4.98 Å². The molecule has 25 heavy (non-hydrogen) atoms. The van der Waals surface area contributed by atoms with Gasteiger partial charge in [0.2, 0.25) is 5.52 Å². The molecule has 4 aromatic heterocycles. The first-order valence-electron chi connectivity index (χ1n) is 8.22. The first kappa shape index (κ1) is 12.9. The second-order valence-electron chi connectivity index (χ2n) is 6.22. The van der Waals surface area contributed by atoms with Crippen LogP contribution in [0.5, 0.6) is 0 Å². The summed E-state index contributed by atoms with van der Waals surface area (Å²) in [5.74, 6) is 1.06. The molecule has 0 amide bonds. The highest BCUT2D eigenvalue weighted by atomic mass is 16.3. The largest absolute Gasteiger partial charge is 0.417 e. The summed E-state index contributed by atoms with van der Waals surface area (Å²) in [5, 5.41) is 1.06. The van der Waals surface area contributed by atoms with Gasteiger partial charge in [-0.3, -0.25) is 4.98 Å². The fourth-order valence-corrected chi connectivity index (χ4v) is 3.79. The Hall–Kier alpha value is -3.47. The van der Waals surface area contributed by atoms with Crippen LogP contribution in [0, 0.1) is 0 Å². The summed E-state index contributed by atoms with van der Waals surface area (Å²) >= 11 is 0. The lowest BCUT2D eigenvalue weighted by atomic mass is 10.2. The summed E-state index contributed by atoms with van der Waals surface area (Å²) in [4.78, 5) is 8.84. The van der Waals surface area contributed by atoms with Crippen molar-refractivity contribution < 1.29 is 8.98 Å². The Bertz CT molecular complexity index is 1270. The molecule has 0 fully saturated rings. The van der Waals surface area contributed by atoms with Crippen molar-refractivity contribution in [3.8, 4) is 17.2 Å². The number of benzene rings is 1. The van der Waals surface area contributed by atoms with Crippen LogP contribution in [0.25, 0.3) is 39.4 Å². The molecule has 5 heteroatoms. The highest BCUT2D eigenvalue weighted by Crippen LogP contribution is 2.36. The zero-order valence-corrected chi connectivity index (χ0v) is 13.3. The molecule has 0 aliphatic carbocycles. The van der Waals surface area contributed by atoms with Crippen LogP contribution in [0.4, 0.5) is 0 Å². The van der Waals surface area contributed by atoms with E-state index in [1.807, 2.05) is 30.6 Å². The van der Waals surface area contributed by atoms with Crippen LogP contribution in [0.3, 0.4) is 0 Å². The number of hydrogen-bond acceptors (Lipinski definition) is 3. The van der Waals surface area contributed by atoms with Gasteiger partial charge in [-0.2, -0.15) is 9.13 Å². The maximum Gasteiger partial charge on any atom is 0.340 e. The van der Waals surface area contributed by atoms with Gasteiger partial charge in [-0.05, 0) is 24.3 Å². The average molecular weight is 325 g/mol. The molecule has 5 aromatic rings. The van der Waals surface area contributed by atoms with Crippen LogP contribution in [0.1, 0.15) is 5.56 Å². The normalized spacial score (nSPS) is 12.6. The summed E-state index contributed by atoms with van der Waals surface area (Å²) in [6, 6.07) is 16.5. The number of nitrogens with zero attached hydrogens (tertiary/aromatic N) is 4. The smallest absolute Gasteiger partial charge is 0.340 e. The molecule has 118 valence electrons. The zero-order chi connectivity index (χ0) is 16.4. The first-order valence-corrected chi connectivity index (χ1v) is 8.22. The van der Waals surface area contributed by atoms with E-state index in [2.05, 4.69) is 49.4 Å². The summed E-state index contributed by atoms with van der Waals surface area (Å²) < 4.78 is 10.6. The first-order chi connectivity index (χ1) is 12.4. The van der Waals surface area contributed by atoms with Crippen molar-refractivity contribution in [1.29, 1.82) is 0 Å². The van der Waals surface area contributed by atoms with Crippen LogP contribution in [0.2, 0.25) is 0 Å². The third-order valence-electron chi connectivity index (χ3n) is 4.83. The Labute approximate surface area is 142 Å². The Kier molecular flexibility index (Phi) is 2.34.